The number of rotatable bonds is 3. The van der Waals surface area contributed by atoms with E-state index in [1.807, 2.05) is 0 Å². The third kappa shape index (κ3) is 7.76. The molecule has 1 fully saturated rings. The maximum Gasteiger partial charge on any atom is 0.0587 e. The van der Waals surface area contributed by atoms with Gasteiger partial charge < -0.3 is 10.1 Å². The maximum absolute atomic E-state index is 7.32. The van der Waals surface area contributed by atoms with Gasteiger partial charge in [0.1, 0.15) is 0 Å². The summed E-state index contributed by atoms with van der Waals surface area (Å²) in [7, 11) is 1.77. The molecule has 1 N–H and O–H groups in total. The van der Waals surface area contributed by atoms with Crippen LogP contribution in [-0.2, 0) is 4.74 Å². The van der Waals surface area contributed by atoms with E-state index >= 15 is 0 Å². The predicted molar refractivity (Wildman–Crippen MR) is 53.4 cm³/mol. The lowest BCUT2D eigenvalue weighted by Crippen LogP contribution is -2.30. The van der Waals surface area contributed by atoms with Gasteiger partial charge in [-0.2, -0.15) is 5.26 Å². The van der Waals surface area contributed by atoms with Crippen LogP contribution in [0.4, 0.5) is 0 Å². The second kappa shape index (κ2) is 9.50. The van der Waals surface area contributed by atoms with Gasteiger partial charge in [-0.1, -0.05) is 0 Å². The molecule has 0 aromatic carbocycles. The van der Waals surface area contributed by atoms with Crippen LogP contribution in [0.25, 0.3) is 0 Å². The van der Waals surface area contributed by atoms with Crippen LogP contribution in [0, 0.1) is 17.2 Å². The molecule has 1 saturated heterocycles. The third-order valence-corrected chi connectivity index (χ3v) is 2.13. The van der Waals surface area contributed by atoms with Gasteiger partial charge in [0.25, 0.3) is 0 Å². The minimum atomic E-state index is 0.869. The number of hydrogen-bond acceptors (Lipinski definition) is 3. The molecule has 0 aromatic rings. The summed E-state index contributed by atoms with van der Waals surface area (Å²) in [6, 6.07) is 1.75. The summed E-state index contributed by atoms with van der Waals surface area (Å²) in [6.07, 6.45) is 3.95. The highest BCUT2D eigenvalue weighted by molar-refractivity contribution is 4.68. The van der Waals surface area contributed by atoms with E-state index in [1.165, 1.54) is 39.3 Å². The highest BCUT2D eigenvalue weighted by Gasteiger charge is 2.11. The summed E-state index contributed by atoms with van der Waals surface area (Å²) < 4.78 is 5.02. The van der Waals surface area contributed by atoms with E-state index in [2.05, 4.69) is 5.32 Å². The quantitative estimate of drug-likeness (QED) is 0.724. The number of ether oxygens (including phenoxy) is 1. The van der Waals surface area contributed by atoms with E-state index in [4.69, 9.17) is 10.00 Å². The Morgan fingerprint density at radius 2 is 2.31 bits per heavy atom. The van der Waals surface area contributed by atoms with Crippen molar-refractivity contribution in [3.05, 3.63) is 0 Å². The van der Waals surface area contributed by atoms with Gasteiger partial charge in [0.05, 0.1) is 6.07 Å². The molecule has 0 aromatic heterocycles. The zero-order valence-corrected chi connectivity index (χ0v) is 8.68. The molecule has 0 spiro atoms. The van der Waals surface area contributed by atoms with Crippen molar-refractivity contribution < 1.29 is 4.74 Å². The lowest BCUT2D eigenvalue weighted by atomic mass is 9.97. The van der Waals surface area contributed by atoms with E-state index < -0.39 is 0 Å². The molecular weight excluding hydrogens is 164 g/mol. The molecule has 3 nitrogen and oxygen atoms in total. The van der Waals surface area contributed by atoms with Gasteiger partial charge in [0.2, 0.25) is 0 Å². The first-order chi connectivity index (χ1) is 6.35. The normalized spacial score (nSPS) is 21.2. The molecule has 1 aliphatic rings. The lowest BCUT2D eigenvalue weighted by molar-refractivity contribution is 0.169. The summed E-state index contributed by atoms with van der Waals surface area (Å²) in [4.78, 5) is 0. The summed E-state index contributed by atoms with van der Waals surface area (Å²) in [5.41, 5.74) is 0. The van der Waals surface area contributed by atoms with E-state index in [0.717, 1.165) is 12.5 Å². The fraction of sp³-hybridized carbons (Fsp3) is 0.900. The third-order valence-electron chi connectivity index (χ3n) is 2.13. The van der Waals surface area contributed by atoms with Crippen LogP contribution in [0.2, 0.25) is 0 Å². The van der Waals surface area contributed by atoms with Crippen molar-refractivity contribution in [1.82, 2.24) is 5.32 Å². The van der Waals surface area contributed by atoms with Crippen LogP contribution in [0.5, 0.6) is 0 Å². The van der Waals surface area contributed by atoms with Crippen LogP contribution in [0.1, 0.15) is 26.2 Å². The first kappa shape index (κ1) is 12.4. The summed E-state index contributed by atoms with van der Waals surface area (Å²) in [5, 5.41) is 10.7. The number of methoxy groups -OCH3 is 1. The van der Waals surface area contributed by atoms with Crippen molar-refractivity contribution in [1.29, 1.82) is 5.26 Å². The molecule has 1 atom stereocenters. The van der Waals surface area contributed by atoms with Gasteiger partial charge in [-0.25, -0.2) is 0 Å². The smallest absolute Gasteiger partial charge is 0.0587 e. The zero-order valence-electron chi connectivity index (χ0n) is 8.68. The Morgan fingerprint density at radius 1 is 1.62 bits per heavy atom. The van der Waals surface area contributed by atoms with Crippen LogP contribution in [0.15, 0.2) is 0 Å². The second-order valence-electron chi connectivity index (χ2n) is 3.22. The Balaban J connectivity index is 0.000000424. The van der Waals surface area contributed by atoms with Crippen molar-refractivity contribution in [2.45, 2.75) is 26.2 Å². The Morgan fingerprint density at radius 3 is 2.77 bits per heavy atom. The molecule has 1 heterocycles. The number of nitrogens with one attached hydrogen (secondary N) is 1. The SMILES string of the molecule is CC#N.COCC[C@@H]1CCCNC1. The molecule has 0 saturated carbocycles. The molecule has 3 heteroatoms. The van der Waals surface area contributed by atoms with Gasteiger partial charge >= 0.3 is 0 Å². The average molecular weight is 184 g/mol. The first-order valence-electron chi connectivity index (χ1n) is 4.85. The average Bonchev–Trinajstić information content (AvgIpc) is 2.18. The molecule has 0 aliphatic carbocycles. The summed E-state index contributed by atoms with van der Waals surface area (Å²) in [6.45, 7) is 4.76. The highest BCUT2D eigenvalue weighted by atomic mass is 16.5. The van der Waals surface area contributed by atoms with Gasteiger partial charge in [-0.3, -0.25) is 0 Å². The molecule has 0 bridgehead atoms. The zero-order chi connectivity index (χ0) is 9.94. The van der Waals surface area contributed by atoms with Crippen LogP contribution < -0.4 is 5.32 Å². The maximum atomic E-state index is 7.32. The molecule has 76 valence electrons. The Bertz CT molecular complexity index is 136. The molecule has 1 aliphatic heterocycles. The summed E-state index contributed by atoms with van der Waals surface area (Å²) in [5.74, 6) is 0.869. The summed E-state index contributed by atoms with van der Waals surface area (Å²) >= 11 is 0. The molecule has 0 radical (unpaired) electrons. The number of hydrogen-bond donors (Lipinski definition) is 1. The monoisotopic (exact) mass is 184 g/mol. The van der Waals surface area contributed by atoms with Crippen molar-refractivity contribution in [3.63, 3.8) is 0 Å². The predicted octanol–water partition coefficient (Wildman–Crippen LogP) is 1.55. The molecule has 1 rings (SSSR count). The second-order valence-corrected chi connectivity index (χ2v) is 3.22. The minimum Gasteiger partial charge on any atom is -0.385 e. The van der Waals surface area contributed by atoms with Crippen LogP contribution >= 0.6 is 0 Å². The molecule has 13 heavy (non-hydrogen) atoms. The fourth-order valence-electron chi connectivity index (χ4n) is 1.45. The van der Waals surface area contributed by atoms with Gasteiger partial charge in [0, 0.05) is 20.6 Å². The Kier molecular flexibility index (Phi) is 9.07. The molecular formula is C10H20N2O. The standard InChI is InChI=1S/C8H17NO.C2H3N/c1-10-6-4-8-3-2-5-9-7-8;1-2-3/h8-9H,2-7H2,1H3;1H3/t8-;/m0./s1. The van der Waals surface area contributed by atoms with E-state index in [9.17, 15) is 0 Å². The van der Waals surface area contributed by atoms with E-state index in [-0.39, 0.29) is 0 Å². The van der Waals surface area contributed by atoms with Crippen LogP contribution in [-0.4, -0.2) is 26.8 Å². The van der Waals surface area contributed by atoms with Gasteiger partial charge in [-0.15, -0.1) is 0 Å². The Labute approximate surface area is 81.1 Å². The number of piperidine rings is 1. The topological polar surface area (TPSA) is 45.0 Å². The lowest BCUT2D eigenvalue weighted by Gasteiger charge is -2.21. The fourth-order valence-corrected chi connectivity index (χ4v) is 1.45. The van der Waals surface area contributed by atoms with E-state index in [0.29, 0.717) is 0 Å². The van der Waals surface area contributed by atoms with Crippen LogP contribution in [0.3, 0.4) is 0 Å². The van der Waals surface area contributed by atoms with E-state index in [1.54, 1.807) is 13.2 Å². The van der Waals surface area contributed by atoms with Crippen molar-refractivity contribution in [3.8, 4) is 6.07 Å². The molecule has 0 unspecified atom stereocenters. The van der Waals surface area contributed by atoms with Crippen molar-refractivity contribution >= 4 is 0 Å². The number of nitrogens with zero attached hydrogens (tertiary/aromatic N) is 1. The highest BCUT2D eigenvalue weighted by Crippen LogP contribution is 2.13. The first-order valence-corrected chi connectivity index (χ1v) is 4.85. The molecule has 0 amide bonds. The Hall–Kier alpha value is -0.590. The van der Waals surface area contributed by atoms with Crippen molar-refractivity contribution in [2.24, 2.45) is 5.92 Å². The van der Waals surface area contributed by atoms with Crippen molar-refractivity contribution in [2.75, 3.05) is 26.8 Å². The van der Waals surface area contributed by atoms with Gasteiger partial charge in [-0.05, 0) is 38.3 Å². The van der Waals surface area contributed by atoms with Gasteiger partial charge in [0.15, 0.2) is 0 Å². The number of nitriles is 1. The largest absolute Gasteiger partial charge is 0.385 e. The minimum absolute atomic E-state index is 0.869.